The number of likely N-dealkylation sites (tertiary alicyclic amines) is 2. The third-order valence-electron chi connectivity index (χ3n) is 8.14. The molecule has 2 atom stereocenters. The molecule has 232 valence electrons. The van der Waals surface area contributed by atoms with Gasteiger partial charge in [0.05, 0.1) is 0 Å². The molecule has 0 aliphatic carbocycles. The van der Waals surface area contributed by atoms with Gasteiger partial charge in [0, 0.05) is 38.2 Å². The summed E-state index contributed by atoms with van der Waals surface area (Å²) in [6, 6.07) is 15.4. The summed E-state index contributed by atoms with van der Waals surface area (Å²) in [5.74, 6) is 0.0155. The number of carbonyl (C=O) groups excluding carboxylic acids is 3. The topological polar surface area (TPSA) is 94.6 Å². The predicted octanol–water partition coefficient (Wildman–Crippen LogP) is 4.72. The Hall–Kier alpha value is -3.43. The van der Waals surface area contributed by atoms with Gasteiger partial charge >= 0.3 is 5.97 Å². The number of fused-ring (bicyclic) bond motifs is 1. The summed E-state index contributed by atoms with van der Waals surface area (Å²) in [5, 5.41) is 0. The maximum Gasteiger partial charge on any atom is 0.306 e. The van der Waals surface area contributed by atoms with Crippen molar-refractivity contribution in [1.82, 2.24) is 9.80 Å². The minimum Gasteiger partial charge on any atom is -0.484 e. The van der Waals surface area contributed by atoms with Crippen molar-refractivity contribution in [2.24, 2.45) is 0 Å². The van der Waals surface area contributed by atoms with Gasteiger partial charge in [0.1, 0.15) is 23.6 Å². The summed E-state index contributed by atoms with van der Waals surface area (Å²) in [6.07, 6.45) is 2.57. The highest BCUT2D eigenvalue weighted by molar-refractivity contribution is 5.94. The van der Waals surface area contributed by atoms with Crippen molar-refractivity contribution in [3.05, 3.63) is 65.2 Å². The first-order valence-electron chi connectivity index (χ1n) is 15.3. The van der Waals surface area contributed by atoms with Gasteiger partial charge in [-0.05, 0) is 95.2 Å². The van der Waals surface area contributed by atoms with Crippen LogP contribution in [0.1, 0.15) is 81.3 Å². The lowest BCUT2D eigenvalue weighted by Crippen LogP contribution is -2.38. The lowest BCUT2D eigenvalue weighted by molar-refractivity contribution is -0.161. The molecule has 3 fully saturated rings. The number of ether oxygens (including phenoxy) is 4. The number of benzene rings is 2. The molecule has 0 aromatic heterocycles. The molecule has 3 saturated heterocycles. The molecule has 3 aliphatic heterocycles. The van der Waals surface area contributed by atoms with Gasteiger partial charge < -0.3 is 28.7 Å². The van der Waals surface area contributed by atoms with Crippen LogP contribution in [0.15, 0.2) is 48.5 Å². The van der Waals surface area contributed by atoms with Crippen LogP contribution in [0.3, 0.4) is 0 Å². The van der Waals surface area contributed by atoms with Crippen molar-refractivity contribution in [2.75, 3.05) is 32.8 Å². The Morgan fingerprint density at radius 2 is 1.58 bits per heavy atom. The molecule has 2 aromatic rings. The van der Waals surface area contributed by atoms with Gasteiger partial charge in [0.2, 0.25) is 0 Å². The largest absolute Gasteiger partial charge is 0.484 e. The zero-order valence-electron chi connectivity index (χ0n) is 26.0. The first-order chi connectivity index (χ1) is 20.3. The molecule has 2 aromatic carbocycles. The summed E-state index contributed by atoms with van der Waals surface area (Å²) >= 11 is 0. The molecule has 0 radical (unpaired) electrons. The molecular weight excluding hydrogens is 548 g/mol. The van der Waals surface area contributed by atoms with Crippen LogP contribution in [0, 0.1) is 0 Å². The fraction of sp³-hybridized carbons (Fsp3) is 0.559. The van der Waals surface area contributed by atoms with E-state index in [2.05, 4.69) is 18.2 Å². The highest BCUT2D eigenvalue weighted by Crippen LogP contribution is 2.33. The third-order valence-corrected chi connectivity index (χ3v) is 8.14. The summed E-state index contributed by atoms with van der Waals surface area (Å²) < 4.78 is 22.9. The van der Waals surface area contributed by atoms with E-state index in [1.165, 1.54) is 5.56 Å². The zero-order valence-corrected chi connectivity index (χ0v) is 26.0. The van der Waals surface area contributed by atoms with Crippen LogP contribution in [-0.2, 0) is 30.2 Å². The number of esters is 1. The van der Waals surface area contributed by atoms with Crippen LogP contribution in [0.2, 0.25) is 0 Å². The molecule has 9 heteroatoms. The maximum absolute atomic E-state index is 13.2. The second-order valence-corrected chi connectivity index (χ2v) is 13.2. The van der Waals surface area contributed by atoms with Gasteiger partial charge in [-0.2, -0.15) is 0 Å². The summed E-state index contributed by atoms with van der Waals surface area (Å²) in [4.78, 5) is 41.6. The van der Waals surface area contributed by atoms with Crippen molar-refractivity contribution in [3.63, 3.8) is 0 Å². The minimum atomic E-state index is -0.604. The Kier molecular flexibility index (Phi) is 9.13. The average molecular weight is 593 g/mol. The Morgan fingerprint density at radius 1 is 0.930 bits per heavy atom. The van der Waals surface area contributed by atoms with Crippen LogP contribution in [0.25, 0.3) is 0 Å². The molecule has 9 nitrogen and oxygen atoms in total. The number of amides is 2. The number of hydrogen-bond donors (Lipinski definition) is 0. The molecule has 3 heterocycles. The molecule has 0 saturated carbocycles. The van der Waals surface area contributed by atoms with Gasteiger partial charge in [0.15, 0.2) is 12.4 Å². The van der Waals surface area contributed by atoms with Crippen LogP contribution in [0.4, 0.5) is 0 Å². The average Bonchev–Trinajstić information content (AvgIpc) is 3.48. The second kappa shape index (κ2) is 12.7. The molecule has 3 aliphatic rings. The predicted molar refractivity (Wildman–Crippen MR) is 161 cm³/mol. The van der Waals surface area contributed by atoms with E-state index in [9.17, 15) is 14.4 Å². The third kappa shape index (κ3) is 8.15. The number of rotatable bonds is 8. The number of carbonyl (C=O) groups is 3. The Labute approximate surface area is 254 Å². The highest BCUT2D eigenvalue weighted by atomic mass is 16.8. The normalized spacial score (nSPS) is 21.9. The van der Waals surface area contributed by atoms with Crippen LogP contribution in [-0.4, -0.2) is 84.0 Å². The summed E-state index contributed by atoms with van der Waals surface area (Å²) in [5.41, 5.74) is 2.51. The number of nitrogens with zero attached hydrogens (tertiary/aromatic N) is 2. The standard InChI is InChI=1S/C34H44N2O7/c1-33(2,3)43-31(38)14-9-23-7-6-8-26(19-23)24-15-17-35(18-16-24)32(39)25-10-12-27(13-11-25)40-22-30(37)36-20-28-29(21-36)42-34(4,5)41-28/h6-8,10-13,19,24,28-29H,9,14-18,20-22H2,1-5H3/t28-,29+. The highest BCUT2D eigenvalue weighted by Gasteiger charge is 2.47. The SMILES string of the molecule is CC(C)(C)OC(=O)CCc1cccc(C2CCN(C(=O)c3ccc(OCC(=O)N4C[C@@H]5OC(C)(C)O[C@@H]5C4)cc3)CC2)c1. The van der Waals surface area contributed by atoms with E-state index in [0.717, 1.165) is 18.4 Å². The van der Waals surface area contributed by atoms with Crippen LogP contribution < -0.4 is 4.74 Å². The molecule has 5 rings (SSSR count). The molecule has 0 bridgehead atoms. The van der Waals surface area contributed by atoms with Gasteiger partial charge in [-0.3, -0.25) is 14.4 Å². The van der Waals surface area contributed by atoms with Gasteiger partial charge in [0.25, 0.3) is 11.8 Å². The Balaban J connectivity index is 1.06. The van der Waals surface area contributed by atoms with Crippen LogP contribution >= 0.6 is 0 Å². The van der Waals surface area contributed by atoms with Crippen molar-refractivity contribution >= 4 is 17.8 Å². The molecular formula is C34H44N2O7. The molecule has 0 spiro atoms. The number of hydrogen-bond acceptors (Lipinski definition) is 7. The first-order valence-corrected chi connectivity index (χ1v) is 15.3. The Bertz CT molecular complexity index is 1290. The smallest absolute Gasteiger partial charge is 0.306 e. The zero-order chi connectivity index (χ0) is 30.8. The monoisotopic (exact) mass is 592 g/mol. The quantitative estimate of drug-likeness (QED) is 0.410. The van der Waals surface area contributed by atoms with E-state index < -0.39 is 11.4 Å². The van der Waals surface area contributed by atoms with Crippen molar-refractivity contribution in [1.29, 1.82) is 0 Å². The first kappa shape index (κ1) is 31.0. The molecule has 0 unspecified atom stereocenters. The van der Waals surface area contributed by atoms with E-state index in [1.54, 1.807) is 29.2 Å². The van der Waals surface area contributed by atoms with Crippen molar-refractivity contribution in [2.45, 2.75) is 89.8 Å². The Morgan fingerprint density at radius 3 is 2.21 bits per heavy atom. The fourth-order valence-electron chi connectivity index (χ4n) is 6.10. The van der Waals surface area contributed by atoms with E-state index in [4.69, 9.17) is 18.9 Å². The fourth-order valence-corrected chi connectivity index (χ4v) is 6.10. The summed E-state index contributed by atoms with van der Waals surface area (Å²) in [7, 11) is 0. The van der Waals surface area contributed by atoms with Crippen LogP contribution in [0.5, 0.6) is 5.75 Å². The second-order valence-electron chi connectivity index (χ2n) is 13.2. The minimum absolute atomic E-state index is 0.00119. The number of piperidine rings is 1. The van der Waals surface area contributed by atoms with Crippen molar-refractivity contribution in [3.8, 4) is 5.75 Å². The van der Waals surface area contributed by atoms with E-state index in [1.807, 2.05) is 45.6 Å². The van der Waals surface area contributed by atoms with Crippen molar-refractivity contribution < 1.29 is 33.3 Å². The maximum atomic E-state index is 13.2. The van der Waals surface area contributed by atoms with E-state index in [0.29, 0.717) is 56.3 Å². The molecule has 43 heavy (non-hydrogen) atoms. The molecule has 0 N–H and O–H groups in total. The van der Waals surface area contributed by atoms with Gasteiger partial charge in [-0.25, -0.2) is 0 Å². The number of aryl methyl sites for hydroxylation is 1. The summed E-state index contributed by atoms with van der Waals surface area (Å²) in [6.45, 7) is 11.7. The lowest BCUT2D eigenvalue weighted by Gasteiger charge is -2.32. The van der Waals surface area contributed by atoms with E-state index in [-0.39, 0.29) is 36.6 Å². The van der Waals surface area contributed by atoms with Gasteiger partial charge in [-0.15, -0.1) is 0 Å². The lowest BCUT2D eigenvalue weighted by atomic mass is 9.88. The molecule has 2 amide bonds. The van der Waals surface area contributed by atoms with Gasteiger partial charge in [-0.1, -0.05) is 24.3 Å². The van der Waals surface area contributed by atoms with E-state index >= 15 is 0 Å².